The average Bonchev–Trinajstić information content (AvgIpc) is 3.62. The van der Waals surface area contributed by atoms with E-state index in [1.165, 1.54) is 21.4 Å². The molecule has 2 aliphatic rings. The van der Waals surface area contributed by atoms with Crippen LogP contribution in [-0.4, -0.2) is 77.8 Å². The van der Waals surface area contributed by atoms with Crippen LogP contribution < -0.4 is 0 Å². The maximum atomic E-state index is 13.0. The lowest BCUT2D eigenvalue weighted by atomic mass is 9.87. The molecule has 1 N–H and O–H groups in total. The molecule has 0 aliphatic carbocycles. The van der Waals surface area contributed by atoms with Gasteiger partial charge in [0.05, 0.1) is 18.0 Å². The van der Waals surface area contributed by atoms with Gasteiger partial charge in [-0.2, -0.15) is 19.8 Å². The van der Waals surface area contributed by atoms with E-state index in [0.717, 1.165) is 28.8 Å². The molecular formula is C23H26N10O2S. The third-order valence-electron chi connectivity index (χ3n) is 7.25. The Bertz CT molecular complexity index is 1540. The smallest absolute Gasteiger partial charge is 0.262 e. The maximum Gasteiger partial charge on any atom is 0.262 e. The Hall–Kier alpha value is -3.60. The fraction of sp³-hybridized carbons (Fsp3) is 0.435. The minimum Gasteiger partial charge on any atom is -0.346 e. The molecule has 2 atom stereocenters. The number of fused-ring (bicyclic) bond motifs is 1. The molecule has 0 spiro atoms. The fourth-order valence-electron chi connectivity index (χ4n) is 5.41. The van der Waals surface area contributed by atoms with Gasteiger partial charge in [0.1, 0.15) is 18.1 Å². The lowest BCUT2D eigenvalue weighted by Gasteiger charge is -2.52. The maximum absolute atomic E-state index is 13.0. The molecule has 4 aromatic heterocycles. The molecule has 6 rings (SSSR count). The van der Waals surface area contributed by atoms with Crippen molar-refractivity contribution in [2.45, 2.75) is 36.5 Å². The first kappa shape index (κ1) is 22.8. The van der Waals surface area contributed by atoms with Crippen LogP contribution in [0.3, 0.4) is 0 Å². The van der Waals surface area contributed by atoms with Gasteiger partial charge in [0, 0.05) is 74.6 Å². The molecule has 0 radical (unpaired) electrons. The number of aromatic amines is 1. The largest absolute Gasteiger partial charge is 0.346 e. The van der Waals surface area contributed by atoms with Crippen LogP contribution in [0.2, 0.25) is 0 Å². The van der Waals surface area contributed by atoms with Crippen LogP contribution in [0.5, 0.6) is 0 Å². The summed E-state index contributed by atoms with van der Waals surface area (Å²) in [6.07, 6.45) is 10.6. The lowest BCUT2D eigenvalue weighted by Crippen LogP contribution is -2.59. The third kappa shape index (κ3) is 3.78. The van der Waals surface area contributed by atoms with Crippen molar-refractivity contribution in [1.82, 2.24) is 43.7 Å². The number of H-pyrrole nitrogens is 1. The van der Waals surface area contributed by atoms with Crippen LogP contribution >= 0.6 is 0 Å². The quantitative estimate of drug-likeness (QED) is 0.417. The van der Waals surface area contributed by atoms with Crippen LogP contribution in [0, 0.1) is 17.2 Å². The van der Waals surface area contributed by atoms with Gasteiger partial charge >= 0.3 is 0 Å². The summed E-state index contributed by atoms with van der Waals surface area (Å²) in [4.78, 5) is 14.2. The Morgan fingerprint density at radius 3 is 2.81 bits per heavy atom. The van der Waals surface area contributed by atoms with Gasteiger partial charge in [0.2, 0.25) is 0 Å². The average molecular weight is 507 g/mol. The Kier molecular flexibility index (Phi) is 5.59. The van der Waals surface area contributed by atoms with Crippen molar-refractivity contribution in [2.75, 3.05) is 19.6 Å². The van der Waals surface area contributed by atoms with Gasteiger partial charge in [-0.1, -0.05) is 0 Å². The van der Waals surface area contributed by atoms with Crippen molar-refractivity contribution in [2.24, 2.45) is 13.0 Å². The number of rotatable bonds is 6. The van der Waals surface area contributed by atoms with Gasteiger partial charge in [0.25, 0.3) is 10.0 Å². The van der Waals surface area contributed by atoms with E-state index >= 15 is 0 Å². The predicted octanol–water partition coefficient (Wildman–Crippen LogP) is 1.75. The van der Waals surface area contributed by atoms with Crippen LogP contribution in [0.15, 0.2) is 48.3 Å². The van der Waals surface area contributed by atoms with Crippen molar-refractivity contribution in [3.05, 3.63) is 43.2 Å². The molecule has 0 saturated carbocycles. The molecule has 2 aliphatic heterocycles. The van der Waals surface area contributed by atoms with Crippen LogP contribution in [0.1, 0.15) is 25.4 Å². The van der Waals surface area contributed by atoms with E-state index < -0.39 is 10.0 Å². The number of nitrogens with zero attached hydrogens (tertiary/aromatic N) is 9. The highest BCUT2D eigenvalue weighted by atomic mass is 32.2. The van der Waals surface area contributed by atoms with Gasteiger partial charge in [-0.25, -0.2) is 18.4 Å². The van der Waals surface area contributed by atoms with E-state index in [-0.39, 0.29) is 23.2 Å². The SMILES string of the molecule is Cn1ccc(S(=O)(=O)N2CCC(N3CC(CC#N)C3n3cc(-c4ncnc5[nH]ccc45)cn3)CC2)n1. The summed E-state index contributed by atoms with van der Waals surface area (Å²) >= 11 is 0. The highest BCUT2D eigenvalue weighted by Gasteiger charge is 2.45. The molecule has 4 aromatic rings. The number of hydrogen-bond donors (Lipinski definition) is 1. The summed E-state index contributed by atoms with van der Waals surface area (Å²) in [5, 5.41) is 19.1. The number of aryl methyl sites for hydroxylation is 1. The number of nitriles is 1. The van der Waals surface area contributed by atoms with E-state index in [1.807, 2.05) is 23.1 Å². The predicted molar refractivity (Wildman–Crippen MR) is 130 cm³/mol. The Labute approximate surface area is 208 Å². The standard InChI is InChI=1S/C23H26N10O2S/c1-30-9-6-20(29-30)36(34,35)31-10-4-18(5-11-31)32-13-16(2-7-24)23(32)33-14-17(12-28-33)21-19-3-8-25-22(19)27-15-26-21/h3,6,8-9,12,14-16,18,23H,2,4-5,10-11,13H2,1H3,(H,25,26,27). The molecule has 13 heteroatoms. The summed E-state index contributed by atoms with van der Waals surface area (Å²) < 4.78 is 30.9. The highest BCUT2D eigenvalue weighted by molar-refractivity contribution is 7.89. The van der Waals surface area contributed by atoms with Crippen LogP contribution in [0.25, 0.3) is 22.3 Å². The van der Waals surface area contributed by atoms with Crippen molar-refractivity contribution in [1.29, 1.82) is 5.26 Å². The first-order valence-electron chi connectivity index (χ1n) is 11.9. The third-order valence-corrected chi connectivity index (χ3v) is 9.04. The van der Waals surface area contributed by atoms with Gasteiger partial charge in [-0.3, -0.25) is 14.3 Å². The van der Waals surface area contributed by atoms with Crippen molar-refractivity contribution in [3.8, 4) is 17.3 Å². The summed E-state index contributed by atoms with van der Waals surface area (Å²) in [7, 11) is -1.89. The molecule has 36 heavy (non-hydrogen) atoms. The Balaban J connectivity index is 1.20. The summed E-state index contributed by atoms with van der Waals surface area (Å²) in [5.74, 6) is 0.163. The van der Waals surface area contributed by atoms with Gasteiger partial charge < -0.3 is 4.98 Å². The number of nitrogens with one attached hydrogen (secondary N) is 1. The highest BCUT2D eigenvalue weighted by Crippen LogP contribution is 2.41. The zero-order valence-corrected chi connectivity index (χ0v) is 20.6. The van der Waals surface area contributed by atoms with E-state index in [2.05, 4.69) is 36.1 Å². The van der Waals surface area contributed by atoms with E-state index in [4.69, 9.17) is 0 Å². The van der Waals surface area contributed by atoms with E-state index in [0.29, 0.717) is 32.4 Å². The lowest BCUT2D eigenvalue weighted by molar-refractivity contribution is -0.0833. The van der Waals surface area contributed by atoms with E-state index in [9.17, 15) is 13.7 Å². The second-order valence-corrected chi connectivity index (χ2v) is 11.3. The molecule has 2 saturated heterocycles. The Morgan fingerprint density at radius 2 is 2.06 bits per heavy atom. The Morgan fingerprint density at radius 1 is 1.22 bits per heavy atom. The summed E-state index contributed by atoms with van der Waals surface area (Å²) in [6.45, 7) is 1.67. The summed E-state index contributed by atoms with van der Waals surface area (Å²) in [5.41, 5.74) is 2.47. The summed E-state index contributed by atoms with van der Waals surface area (Å²) in [6, 6.07) is 6.00. The van der Waals surface area contributed by atoms with Gasteiger partial charge in [-0.15, -0.1) is 0 Å². The second-order valence-electron chi connectivity index (χ2n) is 9.37. The van der Waals surface area contributed by atoms with Crippen LogP contribution in [-0.2, 0) is 17.1 Å². The first-order valence-corrected chi connectivity index (χ1v) is 13.3. The normalized spacial score (nSPS) is 22.0. The molecule has 0 amide bonds. The van der Waals surface area contributed by atoms with Crippen molar-refractivity contribution in [3.63, 3.8) is 0 Å². The number of aromatic nitrogens is 7. The molecular weight excluding hydrogens is 480 g/mol. The number of sulfonamides is 1. The monoisotopic (exact) mass is 506 g/mol. The second kappa shape index (κ2) is 8.81. The van der Waals surface area contributed by atoms with E-state index in [1.54, 1.807) is 19.4 Å². The molecule has 12 nitrogen and oxygen atoms in total. The molecule has 0 bridgehead atoms. The fourth-order valence-corrected chi connectivity index (χ4v) is 6.83. The number of likely N-dealkylation sites (tertiary alicyclic amines) is 1. The zero-order chi connectivity index (χ0) is 24.9. The van der Waals surface area contributed by atoms with Crippen molar-refractivity contribution < 1.29 is 8.42 Å². The first-order chi connectivity index (χ1) is 17.5. The molecule has 6 heterocycles. The topological polar surface area (TPSA) is 142 Å². The molecule has 186 valence electrons. The minimum absolute atomic E-state index is 0.0501. The minimum atomic E-state index is -3.60. The van der Waals surface area contributed by atoms with Crippen molar-refractivity contribution >= 4 is 21.1 Å². The zero-order valence-electron chi connectivity index (χ0n) is 19.8. The molecule has 0 aromatic carbocycles. The number of hydrogen-bond acceptors (Lipinski definition) is 8. The van der Waals surface area contributed by atoms with Gasteiger partial charge in [-0.05, 0) is 25.0 Å². The number of piperidine rings is 1. The van der Waals surface area contributed by atoms with Gasteiger partial charge in [0.15, 0.2) is 5.03 Å². The molecule has 2 fully saturated rings. The molecule has 2 unspecified atom stereocenters. The van der Waals surface area contributed by atoms with Crippen LogP contribution in [0.4, 0.5) is 0 Å².